The fourth-order valence-corrected chi connectivity index (χ4v) is 1.48. The normalized spacial score (nSPS) is 14.2. The smallest absolute Gasteiger partial charge is 0.329 e. The number of hydrogen-bond acceptors (Lipinski definition) is 5. The fourth-order valence-electron chi connectivity index (χ4n) is 1.48. The van der Waals surface area contributed by atoms with E-state index in [0.717, 1.165) is 6.54 Å². The molecule has 3 N–H and O–H groups in total. The van der Waals surface area contributed by atoms with Crippen LogP contribution in [-0.4, -0.2) is 67.3 Å². The molecule has 0 unspecified atom stereocenters. The van der Waals surface area contributed by atoms with Crippen molar-refractivity contribution in [1.82, 2.24) is 15.5 Å². The lowest BCUT2D eigenvalue weighted by atomic mass is 10.5. The number of hydrogen-bond donors (Lipinski definition) is 3. The van der Waals surface area contributed by atoms with E-state index in [1.165, 1.54) is 12.8 Å². The van der Waals surface area contributed by atoms with Crippen molar-refractivity contribution in [3.8, 4) is 0 Å². The highest BCUT2D eigenvalue weighted by molar-refractivity contribution is 5.94. The van der Waals surface area contributed by atoms with E-state index in [9.17, 15) is 14.4 Å². The van der Waals surface area contributed by atoms with Crippen molar-refractivity contribution in [2.75, 3.05) is 33.4 Å². The van der Waals surface area contributed by atoms with Crippen molar-refractivity contribution in [2.45, 2.75) is 18.9 Å². The number of carboxylic acid groups (broad SMARTS) is 1. The molecule has 19 heavy (non-hydrogen) atoms. The highest BCUT2D eigenvalue weighted by Crippen LogP contribution is 2.24. The average Bonchev–Trinajstić information content (AvgIpc) is 3.11. The number of amides is 3. The molecule has 1 rings (SSSR count). The van der Waals surface area contributed by atoms with Gasteiger partial charge < -0.3 is 20.1 Å². The van der Waals surface area contributed by atoms with E-state index in [1.807, 2.05) is 12.4 Å². The van der Waals surface area contributed by atoms with Gasteiger partial charge >= 0.3 is 12.0 Å². The lowest BCUT2D eigenvalue weighted by Crippen LogP contribution is -2.43. The molecule has 0 heterocycles. The first-order chi connectivity index (χ1) is 8.99. The Bertz CT molecular complexity index is 343. The summed E-state index contributed by atoms with van der Waals surface area (Å²) in [5.74, 6) is -1.84. The number of carbonyl (C=O) groups excluding carboxylic acids is 2. The Morgan fingerprint density at radius 2 is 2.00 bits per heavy atom. The molecular weight excluding hydrogens is 254 g/mol. The number of nitrogens with zero attached hydrogens (tertiary/aromatic N) is 1. The van der Waals surface area contributed by atoms with Crippen molar-refractivity contribution < 1.29 is 24.2 Å². The Morgan fingerprint density at radius 3 is 2.58 bits per heavy atom. The third kappa shape index (κ3) is 7.37. The second-order valence-corrected chi connectivity index (χ2v) is 4.40. The van der Waals surface area contributed by atoms with Crippen molar-refractivity contribution in [3.05, 3.63) is 0 Å². The summed E-state index contributed by atoms with van der Waals surface area (Å²) in [6.45, 7) is 0.146. The Balaban J connectivity index is 2.02. The molecule has 3 amide bonds. The SMILES string of the molecule is CN(CCNC(=O)NC(=O)COCC(=O)O)C1CC1. The van der Waals surface area contributed by atoms with Crippen molar-refractivity contribution in [1.29, 1.82) is 0 Å². The number of carbonyl (C=O) groups is 3. The molecule has 1 aliphatic carbocycles. The second kappa shape index (κ2) is 7.70. The van der Waals surface area contributed by atoms with Crippen LogP contribution >= 0.6 is 0 Å². The second-order valence-electron chi connectivity index (χ2n) is 4.40. The molecule has 8 heteroatoms. The number of rotatable bonds is 8. The lowest BCUT2D eigenvalue weighted by molar-refractivity contribution is -0.143. The maximum atomic E-state index is 11.3. The number of ether oxygens (including phenoxy) is 1. The number of imide groups is 1. The van der Waals surface area contributed by atoms with Gasteiger partial charge in [-0.25, -0.2) is 9.59 Å². The monoisotopic (exact) mass is 273 g/mol. The van der Waals surface area contributed by atoms with Crippen LogP contribution < -0.4 is 10.6 Å². The van der Waals surface area contributed by atoms with E-state index in [-0.39, 0.29) is 0 Å². The molecule has 0 aromatic heterocycles. The predicted molar refractivity (Wildman–Crippen MR) is 65.6 cm³/mol. The van der Waals surface area contributed by atoms with Gasteiger partial charge in [0.15, 0.2) is 0 Å². The van der Waals surface area contributed by atoms with Gasteiger partial charge in [-0.15, -0.1) is 0 Å². The predicted octanol–water partition coefficient (Wildman–Crippen LogP) is -0.992. The van der Waals surface area contributed by atoms with E-state index >= 15 is 0 Å². The minimum Gasteiger partial charge on any atom is -0.480 e. The quantitative estimate of drug-likeness (QED) is 0.524. The van der Waals surface area contributed by atoms with Crippen LogP contribution in [0.4, 0.5) is 4.79 Å². The molecule has 0 radical (unpaired) electrons. The highest BCUT2D eigenvalue weighted by Gasteiger charge is 2.25. The molecule has 0 aromatic carbocycles. The van der Waals surface area contributed by atoms with Gasteiger partial charge in [0.25, 0.3) is 5.91 Å². The topological polar surface area (TPSA) is 108 Å². The van der Waals surface area contributed by atoms with Gasteiger partial charge in [0.05, 0.1) is 0 Å². The average molecular weight is 273 g/mol. The molecule has 1 aliphatic rings. The third-order valence-corrected chi connectivity index (χ3v) is 2.63. The molecule has 0 aliphatic heterocycles. The Hall–Kier alpha value is -1.67. The van der Waals surface area contributed by atoms with E-state index in [2.05, 4.69) is 15.0 Å². The Kier molecular flexibility index (Phi) is 6.23. The summed E-state index contributed by atoms with van der Waals surface area (Å²) in [5, 5.41) is 12.9. The molecule has 108 valence electrons. The first-order valence-corrected chi connectivity index (χ1v) is 6.06. The molecule has 8 nitrogen and oxygen atoms in total. The van der Waals surface area contributed by atoms with Gasteiger partial charge in [0, 0.05) is 19.1 Å². The first kappa shape index (κ1) is 15.4. The summed E-state index contributed by atoms with van der Waals surface area (Å²) in [6.07, 6.45) is 2.39. The Labute approximate surface area is 111 Å². The van der Waals surface area contributed by atoms with Gasteiger partial charge in [0.1, 0.15) is 13.2 Å². The zero-order chi connectivity index (χ0) is 14.3. The van der Waals surface area contributed by atoms with Gasteiger partial charge in [-0.3, -0.25) is 10.1 Å². The largest absolute Gasteiger partial charge is 0.480 e. The van der Waals surface area contributed by atoms with Crippen molar-refractivity contribution in [2.24, 2.45) is 0 Å². The molecule has 0 bridgehead atoms. The van der Waals surface area contributed by atoms with Gasteiger partial charge in [-0.05, 0) is 19.9 Å². The zero-order valence-electron chi connectivity index (χ0n) is 10.8. The molecule has 0 aromatic rings. The molecule has 0 spiro atoms. The summed E-state index contributed by atoms with van der Waals surface area (Å²) < 4.78 is 4.54. The van der Waals surface area contributed by atoms with Crippen LogP contribution in [0.15, 0.2) is 0 Å². The van der Waals surface area contributed by atoms with Crippen molar-refractivity contribution >= 4 is 17.9 Å². The van der Waals surface area contributed by atoms with Crippen LogP contribution in [0.2, 0.25) is 0 Å². The summed E-state index contributed by atoms with van der Waals surface area (Å²) in [5.41, 5.74) is 0. The minimum absolute atomic E-state index is 0.447. The maximum Gasteiger partial charge on any atom is 0.329 e. The standard InChI is InChI=1S/C11H19N3O5/c1-14(8-2-3-8)5-4-12-11(18)13-9(15)6-19-7-10(16)17/h8H,2-7H2,1H3,(H,16,17)(H2,12,13,15,18). The summed E-state index contributed by atoms with van der Waals surface area (Å²) in [6, 6.07) is 0.0176. The minimum atomic E-state index is -1.17. The highest BCUT2D eigenvalue weighted by atomic mass is 16.5. The summed E-state index contributed by atoms with van der Waals surface area (Å²) in [7, 11) is 1.99. The molecule has 0 atom stereocenters. The van der Waals surface area contributed by atoms with Gasteiger partial charge in [-0.1, -0.05) is 0 Å². The first-order valence-electron chi connectivity index (χ1n) is 6.06. The molecule has 0 saturated heterocycles. The molecular formula is C11H19N3O5. The summed E-state index contributed by atoms with van der Waals surface area (Å²) >= 11 is 0. The van der Waals surface area contributed by atoms with Crippen LogP contribution in [-0.2, 0) is 14.3 Å². The van der Waals surface area contributed by atoms with Crippen LogP contribution in [0.25, 0.3) is 0 Å². The van der Waals surface area contributed by atoms with E-state index in [0.29, 0.717) is 12.6 Å². The van der Waals surface area contributed by atoms with Crippen molar-refractivity contribution in [3.63, 3.8) is 0 Å². The molecule has 1 saturated carbocycles. The maximum absolute atomic E-state index is 11.3. The Morgan fingerprint density at radius 1 is 1.32 bits per heavy atom. The van der Waals surface area contributed by atoms with E-state index < -0.39 is 31.1 Å². The number of urea groups is 1. The van der Waals surface area contributed by atoms with Gasteiger partial charge in [-0.2, -0.15) is 0 Å². The molecule has 1 fully saturated rings. The van der Waals surface area contributed by atoms with Crippen LogP contribution in [0.1, 0.15) is 12.8 Å². The van der Waals surface area contributed by atoms with E-state index in [1.54, 1.807) is 0 Å². The zero-order valence-corrected chi connectivity index (χ0v) is 10.8. The lowest BCUT2D eigenvalue weighted by Gasteiger charge is -2.15. The van der Waals surface area contributed by atoms with Gasteiger partial charge in [0.2, 0.25) is 0 Å². The summed E-state index contributed by atoms with van der Waals surface area (Å²) in [4.78, 5) is 34.7. The third-order valence-electron chi connectivity index (χ3n) is 2.63. The van der Waals surface area contributed by atoms with Crippen LogP contribution in [0.5, 0.6) is 0 Å². The number of carboxylic acids is 1. The fraction of sp³-hybridized carbons (Fsp3) is 0.727. The number of likely N-dealkylation sites (N-methyl/N-ethyl adjacent to an activating group) is 1. The van der Waals surface area contributed by atoms with Crippen LogP contribution in [0.3, 0.4) is 0 Å². The number of nitrogens with one attached hydrogen (secondary N) is 2. The van der Waals surface area contributed by atoms with Crippen LogP contribution in [0, 0.1) is 0 Å². The van der Waals surface area contributed by atoms with E-state index in [4.69, 9.17) is 5.11 Å². The number of aliphatic carboxylic acids is 1.